The largest absolute Gasteiger partial charge is 0.487 e. The van der Waals surface area contributed by atoms with Crippen LogP contribution >= 0.6 is 11.6 Å². The summed E-state index contributed by atoms with van der Waals surface area (Å²) in [6.07, 6.45) is 3.42. The van der Waals surface area contributed by atoms with Crippen LogP contribution in [-0.2, 0) is 4.79 Å². The smallest absolute Gasteiger partial charge is 0.306 e. The Morgan fingerprint density at radius 1 is 1.21 bits per heavy atom. The Labute approximate surface area is 194 Å². The molecule has 1 aliphatic rings. The summed E-state index contributed by atoms with van der Waals surface area (Å²) >= 11 is 6.22. The zero-order chi connectivity index (χ0) is 23.5. The van der Waals surface area contributed by atoms with E-state index in [1.165, 1.54) is 18.3 Å². The number of benzene rings is 1. The zero-order valence-corrected chi connectivity index (χ0v) is 18.9. The maximum Gasteiger partial charge on any atom is 0.306 e. The highest BCUT2D eigenvalue weighted by atomic mass is 35.5. The molecule has 8 nitrogen and oxygen atoms in total. The first kappa shape index (κ1) is 23.0. The highest BCUT2D eigenvalue weighted by molar-refractivity contribution is 6.32. The second-order valence-corrected chi connectivity index (χ2v) is 8.58. The number of halogens is 2. The minimum atomic E-state index is -0.790. The van der Waals surface area contributed by atoms with Gasteiger partial charge in [0, 0.05) is 11.8 Å². The third-order valence-electron chi connectivity index (χ3n) is 5.33. The Balaban J connectivity index is 1.45. The molecule has 174 valence electrons. The summed E-state index contributed by atoms with van der Waals surface area (Å²) in [7, 11) is 0. The molecule has 0 aliphatic heterocycles. The van der Waals surface area contributed by atoms with Gasteiger partial charge in [0.2, 0.25) is 11.7 Å². The van der Waals surface area contributed by atoms with Gasteiger partial charge in [-0.3, -0.25) is 4.79 Å². The van der Waals surface area contributed by atoms with Crippen LogP contribution in [0.1, 0.15) is 39.5 Å². The Bertz CT molecular complexity index is 1140. The summed E-state index contributed by atoms with van der Waals surface area (Å²) in [5, 5.41) is 13.3. The van der Waals surface area contributed by atoms with Gasteiger partial charge in [-0.2, -0.15) is 4.98 Å². The molecule has 2 heterocycles. The van der Waals surface area contributed by atoms with Gasteiger partial charge in [0.25, 0.3) is 5.89 Å². The summed E-state index contributed by atoms with van der Waals surface area (Å²) < 4.78 is 31.3. The van der Waals surface area contributed by atoms with Gasteiger partial charge in [0.1, 0.15) is 5.02 Å². The van der Waals surface area contributed by atoms with E-state index in [0.717, 1.165) is 0 Å². The second kappa shape index (κ2) is 9.74. The van der Waals surface area contributed by atoms with E-state index in [2.05, 4.69) is 15.1 Å². The molecule has 0 saturated heterocycles. The molecule has 33 heavy (non-hydrogen) atoms. The Morgan fingerprint density at radius 3 is 2.61 bits per heavy atom. The number of hydrogen-bond acceptors (Lipinski definition) is 7. The molecule has 1 aliphatic carbocycles. The highest BCUT2D eigenvalue weighted by Crippen LogP contribution is 2.32. The molecule has 1 N–H and O–H groups in total. The Hall–Kier alpha value is -3.20. The van der Waals surface area contributed by atoms with E-state index >= 15 is 0 Å². The predicted octanol–water partition coefficient (Wildman–Crippen LogP) is 5.40. The van der Waals surface area contributed by atoms with Crippen molar-refractivity contribution in [2.75, 3.05) is 0 Å². The second-order valence-electron chi connectivity index (χ2n) is 8.18. The van der Waals surface area contributed by atoms with E-state index in [-0.39, 0.29) is 35.6 Å². The predicted molar refractivity (Wildman–Crippen MR) is 118 cm³/mol. The maximum absolute atomic E-state index is 14.7. The van der Waals surface area contributed by atoms with Crippen molar-refractivity contribution in [3.05, 3.63) is 41.3 Å². The van der Waals surface area contributed by atoms with Crippen LogP contribution in [0.4, 0.5) is 4.39 Å². The number of pyridine rings is 1. The molecular formula is C23H23ClFN3O5. The average molecular weight is 476 g/mol. The van der Waals surface area contributed by atoms with Crippen molar-refractivity contribution < 1.29 is 28.3 Å². The van der Waals surface area contributed by atoms with Gasteiger partial charge in [0.15, 0.2) is 11.6 Å². The standard InChI is InChI=1S/C23H23ClFN3O5/c1-12(2)31-22-17(24)9-15(11-26-22)21-27-20(28-33-21)14-5-8-19(18(25)10-14)32-16-6-3-13(4-7-16)23(29)30/h5,8-13,16H,3-4,6-7H2,1-2H3,(H,29,30)/t13-,16-. The lowest BCUT2D eigenvalue weighted by Gasteiger charge is -2.26. The topological polar surface area (TPSA) is 108 Å². The lowest BCUT2D eigenvalue weighted by Crippen LogP contribution is -2.28. The fourth-order valence-corrected chi connectivity index (χ4v) is 3.86. The summed E-state index contributed by atoms with van der Waals surface area (Å²) in [4.78, 5) is 19.6. The van der Waals surface area contributed by atoms with Gasteiger partial charge in [0.05, 0.1) is 23.7 Å². The molecule has 1 aromatic carbocycles. The zero-order valence-electron chi connectivity index (χ0n) is 18.1. The van der Waals surface area contributed by atoms with Crippen molar-refractivity contribution >= 4 is 17.6 Å². The van der Waals surface area contributed by atoms with Gasteiger partial charge < -0.3 is 19.1 Å². The number of carboxylic acid groups (broad SMARTS) is 1. The first-order valence-electron chi connectivity index (χ1n) is 10.7. The number of ether oxygens (including phenoxy) is 2. The van der Waals surface area contributed by atoms with Gasteiger partial charge in [-0.05, 0) is 63.8 Å². The van der Waals surface area contributed by atoms with Crippen LogP contribution in [-0.4, -0.2) is 38.4 Å². The van der Waals surface area contributed by atoms with Gasteiger partial charge >= 0.3 is 5.97 Å². The number of aromatic nitrogens is 3. The molecule has 0 atom stereocenters. The van der Waals surface area contributed by atoms with Gasteiger partial charge in [-0.25, -0.2) is 9.37 Å². The third kappa shape index (κ3) is 5.42. The number of aliphatic carboxylic acids is 1. The monoisotopic (exact) mass is 475 g/mol. The normalized spacial score (nSPS) is 18.3. The molecule has 0 unspecified atom stereocenters. The molecule has 2 aromatic heterocycles. The molecule has 0 spiro atoms. The number of rotatable bonds is 7. The van der Waals surface area contributed by atoms with Crippen LogP contribution in [0.5, 0.6) is 11.6 Å². The van der Waals surface area contributed by atoms with Crippen LogP contribution in [0.2, 0.25) is 5.02 Å². The molecule has 4 rings (SSSR count). The molecule has 0 bridgehead atoms. The summed E-state index contributed by atoms with van der Waals surface area (Å²) in [5.74, 6) is -0.890. The molecule has 1 saturated carbocycles. The van der Waals surface area contributed by atoms with Crippen LogP contribution in [0.25, 0.3) is 22.8 Å². The summed E-state index contributed by atoms with van der Waals surface area (Å²) in [6.45, 7) is 3.74. The number of carbonyl (C=O) groups is 1. The SMILES string of the molecule is CC(C)Oc1ncc(-c2nc(-c3ccc(O[C@H]4CC[C@H](C(=O)O)CC4)c(F)c3)no2)cc1Cl. The molecule has 0 radical (unpaired) electrons. The van der Waals surface area contributed by atoms with E-state index in [0.29, 0.717) is 47.7 Å². The van der Waals surface area contributed by atoms with Crippen molar-refractivity contribution in [3.63, 3.8) is 0 Å². The third-order valence-corrected chi connectivity index (χ3v) is 5.61. The van der Waals surface area contributed by atoms with Crippen LogP contribution in [0.3, 0.4) is 0 Å². The minimum absolute atomic E-state index is 0.0718. The molecule has 10 heteroatoms. The van der Waals surface area contributed by atoms with Crippen molar-refractivity contribution in [2.24, 2.45) is 5.92 Å². The Morgan fingerprint density at radius 2 is 1.97 bits per heavy atom. The quantitative estimate of drug-likeness (QED) is 0.484. The maximum atomic E-state index is 14.7. The average Bonchev–Trinajstić information content (AvgIpc) is 3.27. The summed E-state index contributed by atoms with van der Waals surface area (Å²) in [6, 6.07) is 6.04. The van der Waals surface area contributed by atoms with Gasteiger partial charge in [-0.15, -0.1) is 0 Å². The van der Waals surface area contributed by atoms with E-state index in [9.17, 15) is 9.18 Å². The van der Waals surface area contributed by atoms with Crippen molar-refractivity contribution in [1.29, 1.82) is 0 Å². The molecule has 1 fully saturated rings. The Kier molecular flexibility index (Phi) is 6.78. The van der Waals surface area contributed by atoms with E-state index in [4.69, 9.17) is 30.7 Å². The van der Waals surface area contributed by atoms with Crippen molar-refractivity contribution in [3.8, 4) is 34.5 Å². The van der Waals surface area contributed by atoms with Crippen molar-refractivity contribution in [2.45, 2.75) is 51.7 Å². The van der Waals surface area contributed by atoms with E-state index in [1.54, 1.807) is 12.1 Å². The van der Waals surface area contributed by atoms with Crippen LogP contribution in [0.15, 0.2) is 35.0 Å². The number of hydrogen-bond donors (Lipinski definition) is 1. The van der Waals surface area contributed by atoms with Crippen LogP contribution in [0, 0.1) is 11.7 Å². The summed E-state index contributed by atoms with van der Waals surface area (Å²) in [5.41, 5.74) is 0.926. The number of nitrogens with zero attached hydrogens (tertiary/aromatic N) is 3. The molecule has 3 aromatic rings. The van der Waals surface area contributed by atoms with Crippen LogP contribution < -0.4 is 9.47 Å². The fourth-order valence-electron chi connectivity index (χ4n) is 3.65. The highest BCUT2D eigenvalue weighted by Gasteiger charge is 2.27. The fraction of sp³-hybridized carbons (Fsp3) is 0.391. The van der Waals surface area contributed by atoms with Crippen molar-refractivity contribution in [1.82, 2.24) is 15.1 Å². The van der Waals surface area contributed by atoms with Gasteiger partial charge in [-0.1, -0.05) is 16.8 Å². The lowest BCUT2D eigenvalue weighted by atomic mass is 9.87. The molecule has 0 amide bonds. The first-order chi connectivity index (χ1) is 15.8. The van der Waals surface area contributed by atoms with E-state index in [1.807, 2.05) is 13.8 Å². The lowest BCUT2D eigenvalue weighted by molar-refractivity contribution is -0.143. The number of carboxylic acids is 1. The first-order valence-corrected chi connectivity index (χ1v) is 11.0. The molecular weight excluding hydrogens is 453 g/mol. The van der Waals surface area contributed by atoms with E-state index < -0.39 is 11.8 Å². The minimum Gasteiger partial charge on any atom is -0.487 e.